The van der Waals surface area contributed by atoms with Crippen LogP contribution in [0.4, 0.5) is 11.6 Å². The standard InChI is InChI=1S/C22H22N4O2/c27-21(19-13-14-23-22(25-19)26-15-7-2-8-16-26)24-18-11-5-6-12-20(18)28-17-9-3-1-4-10-17/h1,3-6,9-14H,2,7-8,15-16H2,(H,24,27). The molecule has 0 radical (unpaired) electrons. The van der Waals surface area contributed by atoms with E-state index in [9.17, 15) is 4.79 Å². The predicted octanol–water partition coefficient (Wildman–Crippen LogP) is 4.51. The molecule has 4 rings (SSSR count). The van der Waals surface area contributed by atoms with Crippen molar-refractivity contribution in [3.8, 4) is 11.5 Å². The zero-order valence-electron chi connectivity index (χ0n) is 15.5. The fourth-order valence-corrected chi connectivity index (χ4v) is 3.18. The maximum absolute atomic E-state index is 12.8. The van der Waals surface area contributed by atoms with Gasteiger partial charge in [0.15, 0.2) is 5.75 Å². The van der Waals surface area contributed by atoms with Crippen molar-refractivity contribution >= 4 is 17.5 Å². The van der Waals surface area contributed by atoms with Crippen LogP contribution in [0.15, 0.2) is 66.9 Å². The number of ether oxygens (including phenoxy) is 1. The van der Waals surface area contributed by atoms with E-state index in [0.717, 1.165) is 25.9 Å². The van der Waals surface area contributed by atoms with Crippen LogP contribution in [0.2, 0.25) is 0 Å². The first-order valence-corrected chi connectivity index (χ1v) is 9.51. The molecule has 2 heterocycles. The summed E-state index contributed by atoms with van der Waals surface area (Å²) in [6.45, 7) is 1.86. The van der Waals surface area contributed by atoms with Gasteiger partial charge in [0.2, 0.25) is 5.95 Å². The van der Waals surface area contributed by atoms with Crippen LogP contribution in [0, 0.1) is 0 Å². The molecular weight excluding hydrogens is 352 g/mol. The zero-order chi connectivity index (χ0) is 19.2. The van der Waals surface area contributed by atoms with Gasteiger partial charge in [-0.05, 0) is 49.6 Å². The number of nitrogens with zero attached hydrogens (tertiary/aromatic N) is 3. The van der Waals surface area contributed by atoms with E-state index in [1.807, 2.05) is 54.6 Å². The molecule has 0 aliphatic carbocycles. The second kappa shape index (κ2) is 8.52. The Morgan fingerprint density at radius 1 is 0.929 bits per heavy atom. The molecule has 1 amide bonds. The van der Waals surface area contributed by atoms with E-state index in [0.29, 0.717) is 28.8 Å². The summed E-state index contributed by atoms with van der Waals surface area (Å²) < 4.78 is 5.91. The van der Waals surface area contributed by atoms with Gasteiger partial charge in [0.1, 0.15) is 11.4 Å². The molecule has 3 aromatic rings. The average Bonchev–Trinajstić information content (AvgIpc) is 2.76. The first kappa shape index (κ1) is 18.0. The van der Waals surface area contributed by atoms with Crippen LogP contribution in [0.5, 0.6) is 11.5 Å². The molecule has 28 heavy (non-hydrogen) atoms. The third-order valence-electron chi connectivity index (χ3n) is 4.62. The van der Waals surface area contributed by atoms with Gasteiger partial charge in [-0.1, -0.05) is 30.3 Å². The Hall–Kier alpha value is -3.41. The summed E-state index contributed by atoms with van der Waals surface area (Å²) in [6, 6.07) is 18.4. The van der Waals surface area contributed by atoms with E-state index in [-0.39, 0.29) is 5.91 Å². The molecule has 0 unspecified atom stereocenters. The van der Waals surface area contributed by atoms with Gasteiger partial charge in [-0.15, -0.1) is 0 Å². The van der Waals surface area contributed by atoms with Crippen molar-refractivity contribution in [2.45, 2.75) is 19.3 Å². The lowest BCUT2D eigenvalue weighted by atomic mass is 10.1. The predicted molar refractivity (Wildman–Crippen MR) is 109 cm³/mol. The number of hydrogen-bond donors (Lipinski definition) is 1. The van der Waals surface area contributed by atoms with Gasteiger partial charge in [0, 0.05) is 19.3 Å². The number of anilines is 2. The fraction of sp³-hybridized carbons (Fsp3) is 0.227. The van der Waals surface area contributed by atoms with Gasteiger partial charge in [-0.2, -0.15) is 0 Å². The van der Waals surface area contributed by atoms with Crippen LogP contribution in [-0.2, 0) is 0 Å². The molecule has 6 heteroatoms. The molecule has 142 valence electrons. The number of nitrogens with one attached hydrogen (secondary N) is 1. The number of aromatic nitrogens is 2. The highest BCUT2D eigenvalue weighted by Gasteiger charge is 2.17. The largest absolute Gasteiger partial charge is 0.455 e. The number of hydrogen-bond acceptors (Lipinski definition) is 5. The molecule has 1 N–H and O–H groups in total. The summed E-state index contributed by atoms with van der Waals surface area (Å²) in [5.74, 6) is 1.61. The van der Waals surface area contributed by atoms with Crippen LogP contribution in [0.1, 0.15) is 29.8 Å². The first-order chi connectivity index (χ1) is 13.8. The Morgan fingerprint density at radius 2 is 1.68 bits per heavy atom. The Morgan fingerprint density at radius 3 is 2.50 bits per heavy atom. The second-order valence-electron chi connectivity index (χ2n) is 6.65. The molecule has 6 nitrogen and oxygen atoms in total. The van der Waals surface area contributed by atoms with Crippen LogP contribution >= 0.6 is 0 Å². The minimum atomic E-state index is -0.287. The molecule has 1 fully saturated rings. The Balaban J connectivity index is 1.51. The topological polar surface area (TPSA) is 67.3 Å². The number of amides is 1. The van der Waals surface area contributed by atoms with E-state index in [2.05, 4.69) is 20.2 Å². The molecule has 0 spiro atoms. The number of benzene rings is 2. The van der Waals surface area contributed by atoms with Crippen molar-refractivity contribution in [3.05, 3.63) is 72.6 Å². The molecule has 0 bridgehead atoms. The van der Waals surface area contributed by atoms with Crippen molar-refractivity contribution in [1.29, 1.82) is 0 Å². The SMILES string of the molecule is O=C(Nc1ccccc1Oc1ccccc1)c1ccnc(N2CCCCC2)n1. The first-order valence-electron chi connectivity index (χ1n) is 9.51. The van der Waals surface area contributed by atoms with Gasteiger partial charge in [0.05, 0.1) is 5.69 Å². The minimum absolute atomic E-state index is 0.287. The lowest BCUT2D eigenvalue weighted by Gasteiger charge is -2.26. The summed E-state index contributed by atoms with van der Waals surface area (Å²) in [5, 5.41) is 2.90. The lowest BCUT2D eigenvalue weighted by molar-refractivity contribution is 0.102. The molecule has 1 aliphatic heterocycles. The van der Waals surface area contributed by atoms with Crippen LogP contribution in [-0.4, -0.2) is 29.0 Å². The third kappa shape index (κ3) is 4.28. The van der Waals surface area contributed by atoms with Gasteiger partial charge in [-0.25, -0.2) is 9.97 Å². The number of para-hydroxylation sites is 3. The number of rotatable bonds is 5. The summed E-state index contributed by atoms with van der Waals surface area (Å²) in [5.41, 5.74) is 0.930. The Bertz CT molecular complexity index is 940. The zero-order valence-corrected chi connectivity index (χ0v) is 15.5. The molecule has 0 saturated carbocycles. The number of piperidine rings is 1. The molecular formula is C22H22N4O2. The van der Waals surface area contributed by atoms with Gasteiger partial charge < -0.3 is 15.0 Å². The van der Waals surface area contributed by atoms with E-state index >= 15 is 0 Å². The summed E-state index contributed by atoms with van der Waals surface area (Å²) in [4.78, 5) is 23.7. The van der Waals surface area contributed by atoms with Crippen molar-refractivity contribution in [1.82, 2.24) is 9.97 Å². The fourth-order valence-electron chi connectivity index (χ4n) is 3.18. The maximum Gasteiger partial charge on any atom is 0.274 e. The molecule has 0 atom stereocenters. The van der Waals surface area contributed by atoms with Gasteiger partial charge in [0.25, 0.3) is 5.91 Å². The minimum Gasteiger partial charge on any atom is -0.455 e. The molecule has 1 aromatic heterocycles. The van der Waals surface area contributed by atoms with Crippen molar-refractivity contribution in [2.75, 3.05) is 23.3 Å². The molecule has 1 saturated heterocycles. The summed E-state index contributed by atoms with van der Waals surface area (Å²) in [6.07, 6.45) is 5.13. The Kier molecular flexibility index (Phi) is 5.47. The number of carbonyl (C=O) groups excluding carboxylic acids is 1. The number of carbonyl (C=O) groups is 1. The monoisotopic (exact) mass is 374 g/mol. The smallest absolute Gasteiger partial charge is 0.274 e. The van der Waals surface area contributed by atoms with Gasteiger partial charge in [-0.3, -0.25) is 4.79 Å². The highest BCUT2D eigenvalue weighted by atomic mass is 16.5. The molecule has 2 aromatic carbocycles. The average molecular weight is 374 g/mol. The summed E-state index contributed by atoms with van der Waals surface area (Å²) in [7, 11) is 0. The second-order valence-corrected chi connectivity index (χ2v) is 6.65. The van der Waals surface area contributed by atoms with E-state index in [4.69, 9.17) is 4.74 Å². The molecule has 1 aliphatic rings. The lowest BCUT2D eigenvalue weighted by Crippen LogP contribution is -2.31. The van der Waals surface area contributed by atoms with Crippen LogP contribution in [0.3, 0.4) is 0 Å². The summed E-state index contributed by atoms with van der Waals surface area (Å²) >= 11 is 0. The van der Waals surface area contributed by atoms with Crippen LogP contribution in [0.25, 0.3) is 0 Å². The van der Waals surface area contributed by atoms with Gasteiger partial charge >= 0.3 is 0 Å². The third-order valence-corrected chi connectivity index (χ3v) is 4.62. The van der Waals surface area contributed by atoms with E-state index in [1.54, 1.807) is 12.3 Å². The highest BCUT2D eigenvalue weighted by molar-refractivity contribution is 6.03. The Labute approximate surface area is 164 Å². The quantitative estimate of drug-likeness (QED) is 0.712. The van der Waals surface area contributed by atoms with Crippen LogP contribution < -0.4 is 15.0 Å². The normalized spacial score (nSPS) is 13.8. The van der Waals surface area contributed by atoms with Crippen molar-refractivity contribution < 1.29 is 9.53 Å². The van der Waals surface area contributed by atoms with Crippen molar-refractivity contribution in [2.24, 2.45) is 0 Å². The maximum atomic E-state index is 12.8. The van der Waals surface area contributed by atoms with E-state index in [1.165, 1.54) is 6.42 Å². The van der Waals surface area contributed by atoms with E-state index < -0.39 is 0 Å². The highest BCUT2D eigenvalue weighted by Crippen LogP contribution is 2.29. The van der Waals surface area contributed by atoms with Crippen molar-refractivity contribution in [3.63, 3.8) is 0 Å².